The first-order valence-electron chi connectivity index (χ1n) is 9.79. The predicted molar refractivity (Wildman–Crippen MR) is 112 cm³/mol. The average Bonchev–Trinajstić information content (AvgIpc) is 2.63. The number of carbonyl (C=O) groups excluding carboxylic acids is 1. The van der Waals surface area contributed by atoms with Crippen molar-refractivity contribution >= 4 is 5.91 Å². The van der Waals surface area contributed by atoms with Gasteiger partial charge < -0.3 is 14.8 Å². The maximum Gasteiger partial charge on any atom is 0.220 e. The highest BCUT2D eigenvalue weighted by Gasteiger charge is 2.07. The molecule has 0 spiro atoms. The lowest BCUT2D eigenvalue weighted by atomic mass is 10.1. The molecule has 1 amide bonds. The van der Waals surface area contributed by atoms with Crippen LogP contribution < -0.4 is 14.8 Å². The zero-order chi connectivity index (χ0) is 20.1. The molecule has 1 rings (SSSR count). The maximum absolute atomic E-state index is 12.0. The van der Waals surface area contributed by atoms with Gasteiger partial charge in [0, 0.05) is 19.4 Å². The van der Waals surface area contributed by atoms with Gasteiger partial charge in [0.1, 0.15) is 0 Å². The van der Waals surface area contributed by atoms with E-state index in [1.54, 1.807) is 7.11 Å². The lowest BCUT2D eigenvalue weighted by molar-refractivity contribution is -0.121. The van der Waals surface area contributed by atoms with Crippen LogP contribution >= 0.6 is 0 Å². The van der Waals surface area contributed by atoms with Crippen molar-refractivity contribution in [3.8, 4) is 11.5 Å². The summed E-state index contributed by atoms with van der Waals surface area (Å²) >= 11 is 0. The van der Waals surface area contributed by atoms with Crippen LogP contribution in [0.4, 0.5) is 0 Å². The highest BCUT2D eigenvalue weighted by atomic mass is 16.5. The monoisotopic (exact) mass is 373 g/mol. The molecule has 150 valence electrons. The van der Waals surface area contributed by atoms with Gasteiger partial charge in [-0.1, -0.05) is 37.6 Å². The Morgan fingerprint density at radius 2 is 2.00 bits per heavy atom. The number of hydrogen-bond donors (Lipinski definition) is 1. The second-order valence-corrected chi connectivity index (χ2v) is 7.24. The maximum atomic E-state index is 12.0. The van der Waals surface area contributed by atoms with Crippen LogP contribution in [0, 0.1) is 5.92 Å². The number of allylic oxidation sites excluding steroid dienone is 2. The Morgan fingerprint density at radius 1 is 1.22 bits per heavy atom. The van der Waals surface area contributed by atoms with Crippen molar-refractivity contribution in [1.29, 1.82) is 0 Å². The van der Waals surface area contributed by atoms with Crippen molar-refractivity contribution in [2.75, 3.05) is 13.7 Å². The van der Waals surface area contributed by atoms with E-state index in [2.05, 4.69) is 37.9 Å². The smallest absolute Gasteiger partial charge is 0.220 e. The van der Waals surface area contributed by atoms with Crippen LogP contribution in [0.3, 0.4) is 0 Å². The summed E-state index contributed by atoms with van der Waals surface area (Å²) in [4.78, 5) is 12.0. The minimum atomic E-state index is 0.0867. The zero-order valence-corrected chi connectivity index (χ0v) is 17.3. The fraction of sp³-hybridized carbons (Fsp3) is 0.522. The molecule has 0 atom stereocenters. The van der Waals surface area contributed by atoms with Gasteiger partial charge in [0.25, 0.3) is 0 Å². The lowest BCUT2D eigenvalue weighted by Crippen LogP contribution is -2.22. The average molecular weight is 374 g/mol. The standard InChI is InChI=1S/C23H35NO3/c1-18(2)10-8-6-7-9-11-23(25)24-17-20-12-13-21(22(16-20)26-5)27-15-14-19(3)4/h8,10,12-13,16,18H,3,6-7,9,11,14-15,17H2,1-2,4-5H3,(H,24,25)/b10-8+. The Kier molecular flexibility index (Phi) is 11.0. The van der Waals surface area contributed by atoms with Crippen LogP contribution in [0.15, 0.2) is 42.5 Å². The fourth-order valence-electron chi connectivity index (χ4n) is 2.48. The zero-order valence-electron chi connectivity index (χ0n) is 17.3. The van der Waals surface area contributed by atoms with Crippen LogP contribution in [0.2, 0.25) is 0 Å². The molecule has 0 unspecified atom stereocenters. The highest BCUT2D eigenvalue weighted by molar-refractivity contribution is 5.75. The Balaban J connectivity index is 2.36. The fourth-order valence-corrected chi connectivity index (χ4v) is 2.48. The second-order valence-electron chi connectivity index (χ2n) is 7.24. The predicted octanol–water partition coefficient (Wildman–Crippen LogP) is 5.43. The third-order valence-corrected chi connectivity index (χ3v) is 4.05. The molecule has 0 saturated carbocycles. The Morgan fingerprint density at radius 3 is 2.67 bits per heavy atom. The molecule has 4 nitrogen and oxygen atoms in total. The summed E-state index contributed by atoms with van der Waals surface area (Å²) in [5.74, 6) is 2.07. The van der Waals surface area contributed by atoms with Gasteiger partial charge in [0.05, 0.1) is 13.7 Å². The van der Waals surface area contributed by atoms with E-state index in [-0.39, 0.29) is 5.91 Å². The van der Waals surface area contributed by atoms with E-state index < -0.39 is 0 Å². The summed E-state index contributed by atoms with van der Waals surface area (Å²) in [5, 5.41) is 2.97. The largest absolute Gasteiger partial charge is 0.493 e. The first kappa shape index (κ1) is 22.8. The SMILES string of the molecule is C=C(C)CCOc1ccc(CNC(=O)CCCC/C=C/C(C)C)cc1OC. The van der Waals surface area contributed by atoms with Gasteiger partial charge in [-0.05, 0) is 49.8 Å². The first-order chi connectivity index (χ1) is 12.9. The van der Waals surface area contributed by atoms with Crippen molar-refractivity contribution in [1.82, 2.24) is 5.32 Å². The third-order valence-electron chi connectivity index (χ3n) is 4.05. The van der Waals surface area contributed by atoms with Crippen LogP contribution in [0.25, 0.3) is 0 Å². The molecule has 0 heterocycles. The van der Waals surface area contributed by atoms with E-state index in [0.29, 0.717) is 37.0 Å². The molecule has 1 aromatic carbocycles. The molecule has 0 bridgehead atoms. The van der Waals surface area contributed by atoms with Crippen LogP contribution in [-0.2, 0) is 11.3 Å². The third kappa shape index (κ3) is 10.5. The van der Waals surface area contributed by atoms with Crippen LogP contribution in [0.5, 0.6) is 11.5 Å². The van der Waals surface area contributed by atoms with Crippen molar-refractivity contribution in [3.63, 3.8) is 0 Å². The van der Waals surface area contributed by atoms with Gasteiger partial charge in [-0.25, -0.2) is 0 Å². The Labute approximate surface area is 164 Å². The molecule has 0 aromatic heterocycles. The molecule has 27 heavy (non-hydrogen) atoms. The molecule has 0 fully saturated rings. The molecular weight excluding hydrogens is 338 g/mol. The number of unbranched alkanes of at least 4 members (excludes halogenated alkanes) is 2. The summed E-state index contributed by atoms with van der Waals surface area (Å²) in [6.45, 7) is 11.3. The molecule has 0 saturated heterocycles. The number of ether oxygens (including phenoxy) is 2. The quantitative estimate of drug-likeness (QED) is 0.370. The van der Waals surface area contributed by atoms with Crippen LogP contribution in [-0.4, -0.2) is 19.6 Å². The molecule has 1 N–H and O–H groups in total. The van der Waals surface area contributed by atoms with Crippen LogP contribution in [0.1, 0.15) is 58.4 Å². The van der Waals surface area contributed by atoms with Gasteiger partial charge >= 0.3 is 0 Å². The normalized spacial score (nSPS) is 11.0. The highest BCUT2D eigenvalue weighted by Crippen LogP contribution is 2.28. The van der Waals surface area contributed by atoms with Crippen molar-refractivity contribution < 1.29 is 14.3 Å². The number of hydrogen-bond acceptors (Lipinski definition) is 3. The number of amides is 1. The molecular formula is C23H35NO3. The number of benzene rings is 1. The van der Waals surface area contributed by atoms with E-state index in [0.717, 1.165) is 36.8 Å². The molecule has 0 radical (unpaired) electrons. The van der Waals surface area contributed by atoms with E-state index in [4.69, 9.17) is 9.47 Å². The molecule has 1 aromatic rings. The van der Waals surface area contributed by atoms with Crippen molar-refractivity contribution in [3.05, 3.63) is 48.1 Å². The Bertz CT molecular complexity index is 620. The minimum Gasteiger partial charge on any atom is -0.493 e. The number of carbonyl (C=O) groups is 1. The van der Waals surface area contributed by atoms with Gasteiger partial charge in [-0.3, -0.25) is 4.79 Å². The summed E-state index contributed by atoms with van der Waals surface area (Å²) in [6.07, 6.45) is 8.78. The Hall–Kier alpha value is -2.23. The second kappa shape index (κ2) is 13.0. The summed E-state index contributed by atoms with van der Waals surface area (Å²) in [5.41, 5.74) is 2.08. The van der Waals surface area contributed by atoms with Gasteiger partial charge in [0.15, 0.2) is 11.5 Å². The van der Waals surface area contributed by atoms with E-state index >= 15 is 0 Å². The topological polar surface area (TPSA) is 47.6 Å². The number of rotatable bonds is 13. The summed E-state index contributed by atoms with van der Waals surface area (Å²) in [7, 11) is 1.62. The van der Waals surface area contributed by atoms with E-state index in [9.17, 15) is 4.79 Å². The van der Waals surface area contributed by atoms with Gasteiger partial charge in [-0.2, -0.15) is 0 Å². The number of methoxy groups -OCH3 is 1. The summed E-state index contributed by atoms with van der Waals surface area (Å²) < 4.78 is 11.1. The van der Waals surface area contributed by atoms with E-state index in [1.807, 2.05) is 25.1 Å². The summed E-state index contributed by atoms with van der Waals surface area (Å²) in [6, 6.07) is 5.75. The van der Waals surface area contributed by atoms with Gasteiger partial charge in [0.2, 0.25) is 5.91 Å². The molecule has 0 aliphatic heterocycles. The molecule has 0 aliphatic carbocycles. The number of nitrogens with one attached hydrogen (secondary N) is 1. The van der Waals surface area contributed by atoms with Gasteiger partial charge in [-0.15, -0.1) is 6.58 Å². The molecule has 0 aliphatic rings. The van der Waals surface area contributed by atoms with E-state index in [1.165, 1.54) is 0 Å². The molecule has 4 heteroatoms. The van der Waals surface area contributed by atoms with Crippen molar-refractivity contribution in [2.24, 2.45) is 5.92 Å². The van der Waals surface area contributed by atoms with Crippen molar-refractivity contribution in [2.45, 2.75) is 59.4 Å². The first-order valence-corrected chi connectivity index (χ1v) is 9.79. The lowest BCUT2D eigenvalue weighted by Gasteiger charge is -2.13. The minimum absolute atomic E-state index is 0.0867.